The van der Waals surface area contributed by atoms with Crippen molar-refractivity contribution in [3.63, 3.8) is 0 Å². The van der Waals surface area contributed by atoms with Crippen molar-refractivity contribution in [1.29, 1.82) is 0 Å². The van der Waals surface area contributed by atoms with Crippen molar-refractivity contribution in [2.45, 2.75) is 37.7 Å². The molecule has 3 heterocycles. The lowest BCUT2D eigenvalue weighted by Gasteiger charge is -2.44. The van der Waals surface area contributed by atoms with Crippen molar-refractivity contribution >= 4 is 47.5 Å². The van der Waals surface area contributed by atoms with Crippen LogP contribution in [0, 0.1) is 0 Å². The summed E-state index contributed by atoms with van der Waals surface area (Å²) in [6.07, 6.45) is 0.353. The number of hydrogen-bond acceptors (Lipinski definition) is 11. The molecular formula is C25H28N6O7S3. The number of nitrogens with zero attached hydrogens (tertiary/aromatic N) is 4. The Labute approximate surface area is 240 Å². The van der Waals surface area contributed by atoms with Gasteiger partial charge in [-0.15, -0.1) is 21.5 Å². The van der Waals surface area contributed by atoms with Crippen LogP contribution in [0.15, 0.2) is 46.9 Å². The van der Waals surface area contributed by atoms with E-state index in [1.807, 2.05) is 22.9 Å². The van der Waals surface area contributed by atoms with E-state index in [0.29, 0.717) is 22.2 Å². The van der Waals surface area contributed by atoms with Gasteiger partial charge in [0.1, 0.15) is 5.01 Å². The molecule has 1 amide bonds. The fourth-order valence-corrected chi connectivity index (χ4v) is 8.05. The van der Waals surface area contributed by atoms with Crippen LogP contribution in [0.4, 0.5) is 0 Å². The fraction of sp³-hybridized carbons (Fsp3) is 0.360. The SMILES string of the molecule is CCCS(=O)(=O)C(c1nnc(CNS(N)(=O)=O)o1)c1nc2ccc(-c3cccc(C(=O)N4CC(C)(O)C4)c3)cc2s1. The summed E-state index contributed by atoms with van der Waals surface area (Å²) in [6, 6.07) is 12.6. The number of likely N-dealkylation sites (tertiary alicyclic amines) is 1. The lowest BCUT2D eigenvalue weighted by atomic mass is 9.95. The summed E-state index contributed by atoms with van der Waals surface area (Å²) in [4.78, 5) is 19.0. The number of amides is 1. The third-order valence-electron chi connectivity index (χ3n) is 6.40. The number of benzene rings is 2. The maximum Gasteiger partial charge on any atom is 0.274 e. The van der Waals surface area contributed by atoms with E-state index in [1.165, 1.54) is 0 Å². The van der Waals surface area contributed by atoms with Gasteiger partial charge in [-0.05, 0) is 48.7 Å². The second kappa shape index (κ2) is 10.8. The summed E-state index contributed by atoms with van der Waals surface area (Å²) in [5.74, 6) is -0.689. The van der Waals surface area contributed by atoms with E-state index in [9.17, 15) is 26.7 Å². The standard InChI is InChI=1S/C25H28N6O7S3/c1-3-9-40(34,35)21(22-30-29-20(38-22)12-27-41(26,36)37)23-28-18-8-7-16(11-19(18)39-23)15-5-4-6-17(10-15)24(32)31-13-25(2,33)14-31/h4-8,10-11,21,27,33H,3,9,12-14H2,1-2H3,(H2,26,36,37). The Balaban J connectivity index is 1.46. The zero-order valence-electron chi connectivity index (χ0n) is 22.1. The Morgan fingerprint density at radius 1 is 1.17 bits per heavy atom. The van der Waals surface area contributed by atoms with Crippen LogP contribution in [-0.4, -0.2) is 72.4 Å². The number of carbonyl (C=O) groups is 1. The number of hydrogen-bond donors (Lipinski definition) is 3. The number of nitrogens with two attached hydrogens (primary N) is 1. The first-order valence-electron chi connectivity index (χ1n) is 12.6. The number of thiazole rings is 1. The molecule has 0 aliphatic carbocycles. The van der Waals surface area contributed by atoms with Gasteiger partial charge in [-0.1, -0.05) is 25.1 Å². The Morgan fingerprint density at radius 2 is 1.90 bits per heavy atom. The monoisotopic (exact) mass is 620 g/mol. The molecule has 1 unspecified atom stereocenters. The van der Waals surface area contributed by atoms with Crippen molar-refractivity contribution < 1.29 is 31.2 Å². The predicted molar refractivity (Wildman–Crippen MR) is 152 cm³/mol. The van der Waals surface area contributed by atoms with Crippen molar-refractivity contribution in [3.8, 4) is 11.1 Å². The van der Waals surface area contributed by atoms with Crippen LogP contribution < -0.4 is 9.86 Å². The lowest BCUT2D eigenvalue weighted by molar-refractivity contribution is -0.0668. The number of fused-ring (bicyclic) bond motifs is 1. The molecule has 218 valence electrons. The topological polar surface area (TPSA) is 199 Å². The fourth-order valence-electron chi connectivity index (χ4n) is 4.59. The average molecular weight is 621 g/mol. The molecule has 2 aromatic heterocycles. The summed E-state index contributed by atoms with van der Waals surface area (Å²) in [7, 11) is -7.84. The van der Waals surface area contributed by atoms with Gasteiger partial charge < -0.3 is 14.4 Å². The molecule has 5 rings (SSSR count). The van der Waals surface area contributed by atoms with Gasteiger partial charge in [0, 0.05) is 5.56 Å². The van der Waals surface area contributed by atoms with Gasteiger partial charge in [0.25, 0.3) is 16.1 Å². The van der Waals surface area contributed by atoms with E-state index < -0.39 is 37.4 Å². The molecule has 2 aromatic carbocycles. The van der Waals surface area contributed by atoms with Gasteiger partial charge in [-0.25, -0.2) is 18.5 Å². The van der Waals surface area contributed by atoms with Crippen LogP contribution in [0.5, 0.6) is 0 Å². The molecule has 1 fully saturated rings. The van der Waals surface area contributed by atoms with E-state index in [-0.39, 0.29) is 41.5 Å². The minimum atomic E-state index is -4.02. The van der Waals surface area contributed by atoms with Crippen LogP contribution in [0.1, 0.15) is 52.7 Å². The van der Waals surface area contributed by atoms with Crippen molar-refractivity contribution in [2.24, 2.45) is 5.14 Å². The smallest absolute Gasteiger partial charge is 0.274 e. The van der Waals surface area contributed by atoms with Gasteiger partial charge in [-0.3, -0.25) is 4.79 Å². The number of carbonyl (C=O) groups excluding carboxylic acids is 1. The van der Waals surface area contributed by atoms with Crippen molar-refractivity contribution in [3.05, 3.63) is 64.8 Å². The van der Waals surface area contributed by atoms with Crippen molar-refractivity contribution in [1.82, 2.24) is 24.8 Å². The molecule has 0 spiro atoms. The number of β-amino-alcohol motifs (C(OH)–C–C–N with tert-alkyl or cyclic N) is 1. The molecule has 1 atom stereocenters. The highest BCUT2D eigenvalue weighted by Gasteiger charge is 2.40. The predicted octanol–water partition coefficient (Wildman–Crippen LogP) is 1.76. The summed E-state index contributed by atoms with van der Waals surface area (Å²) < 4.78 is 57.3. The van der Waals surface area contributed by atoms with Gasteiger partial charge in [0.15, 0.2) is 15.1 Å². The summed E-state index contributed by atoms with van der Waals surface area (Å²) in [5.41, 5.74) is 1.79. The highest BCUT2D eigenvalue weighted by atomic mass is 32.2. The Kier molecular flexibility index (Phi) is 7.73. The highest BCUT2D eigenvalue weighted by Crippen LogP contribution is 2.37. The Hall–Kier alpha value is -3.28. The van der Waals surface area contributed by atoms with Gasteiger partial charge in [0.05, 0.1) is 41.2 Å². The number of rotatable bonds is 10. The molecule has 41 heavy (non-hydrogen) atoms. The maximum absolute atomic E-state index is 13.3. The largest absolute Gasteiger partial charge is 0.422 e. The summed E-state index contributed by atoms with van der Waals surface area (Å²) >= 11 is 1.16. The van der Waals surface area contributed by atoms with Crippen LogP contribution in [0.3, 0.4) is 0 Å². The molecule has 0 radical (unpaired) electrons. The summed E-state index contributed by atoms with van der Waals surface area (Å²) in [5, 5.41) is 21.5. The van der Waals surface area contributed by atoms with Crippen molar-refractivity contribution in [2.75, 3.05) is 18.8 Å². The van der Waals surface area contributed by atoms with Crippen LogP contribution in [-0.2, 0) is 26.6 Å². The molecule has 16 heteroatoms. The molecule has 1 aliphatic heterocycles. The van der Waals surface area contributed by atoms with E-state index in [2.05, 4.69) is 15.2 Å². The Bertz CT molecular complexity index is 1820. The van der Waals surface area contributed by atoms with E-state index in [1.54, 1.807) is 43.0 Å². The zero-order chi connectivity index (χ0) is 29.6. The average Bonchev–Trinajstić information content (AvgIpc) is 3.51. The minimum absolute atomic E-state index is 0.148. The molecular weight excluding hydrogens is 593 g/mol. The molecule has 1 saturated heterocycles. The number of aliphatic hydroxyl groups is 1. The molecule has 4 N–H and O–H groups in total. The first-order valence-corrected chi connectivity index (χ1v) is 16.7. The van der Waals surface area contributed by atoms with E-state index >= 15 is 0 Å². The normalized spacial score (nSPS) is 16.0. The molecule has 0 saturated carbocycles. The highest BCUT2D eigenvalue weighted by molar-refractivity contribution is 7.92. The van der Waals surface area contributed by atoms with E-state index in [0.717, 1.165) is 22.5 Å². The number of aromatic nitrogens is 3. The van der Waals surface area contributed by atoms with Crippen LogP contribution in [0.25, 0.3) is 21.3 Å². The van der Waals surface area contributed by atoms with Crippen LogP contribution in [0.2, 0.25) is 0 Å². The van der Waals surface area contributed by atoms with Gasteiger partial charge >= 0.3 is 0 Å². The first-order chi connectivity index (χ1) is 19.2. The molecule has 0 bridgehead atoms. The molecule has 13 nitrogen and oxygen atoms in total. The third-order valence-corrected chi connectivity index (χ3v) is 10.3. The lowest BCUT2D eigenvalue weighted by Crippen LogP contribution is -2.61. The number of nitrogens with one attached hydrogen (secondary N) is 1. The first kappa shape index (κ1) is 29.2. The summed E-state index contributed by atoms with van der Waals surface area (Å²) in [6.45, 7) is 3.58. The second-order valence-corrected chi connectivity index (χ2v) is 14.8. The minimum Gasteiger partial charge on any atom is -0.422 e. The Morgan fingerprint density at radius 3 is 2.59 bits per heavy atom. The van der Waals surface area contributed by atoms with E-state index in [4.69, 9.17) is 9.56 Å². The zero-order valence-corrected chi connectivity index (χ0v) is 24.6. The third kappa shape index (κ3) is 6.47. The molecule has 4 aromatic rings. The quantitative estimate of drug-likeness (QED) is 0.235. The molecule has 1 aliphatic rings. The van der Waals surface area contributed by atoms with Gasteiger partial charge in [-0.2, -0.15) is 13.1 Å². The van der Waals surface area contributed by atoms with Gasteiger partial charge in [0.2, 0.25) is 11.8 Å². The maximum atomic E-state index is 13.3. The van der Waals surface area contributed by atoms with Crippen LogP contribution >= 0.6 is 11.3 Å². The number of sulfone groups is 1. The second-order valence-electron chi connectivity index (χ2n) is 10.1.